The van der Waals surface area contributed by atoms with Crippen molar-refractivity contribution >= 4 is 6.03 Å². The van der Waals surface area contributed by atoms with Gasteiger partial charge in [0, 0.05) is 6.04 Å². The van der Waals surface area contributed by atoms with Gasteiger partial charge in [0.05, 0.1) is 12.6 Å². The van der Waals surface area contributed by atoms with E-state index in [0.717, 1.165) is 16.9 Å². The molecule has 0 bridgehead atoms. The van der Waals surface area contributed by atoms with E-state index < -0.39 is 0 Å². The van der Waals surface area contributed by atoms with Crippen LogP contribution < -0.4 is 15.4 Å². The molecule has 0 fully saturated rings. The Bertz CT molecular complexity index is 909. The Morgan fingerprint density at radius 1 is 1.14 bits per heavy atom. The van der Waals surface area contributed by atoms with Crippen LogP contribution in [0.4, 0.5) is 4.79 Å². The highest BCUT2D eigenvalue weighted by Gasteiger charge is 2.12. The summed E-state index contributed by atoms with van der Waals surface area (Å²) in [6.45, 7) is 7.03. The first-order chi connectivity index (χ1) is 14.0. The maximum Gasteiger partial charge on any atom is 0.315 e. The normalized spacial score (nSPS) is 12.8. The zero-order valence-corrected chi connectivity index (χ0v) is 17.0. The van der Waals surface area contributed by atoms with Gasteiger partial charge in [0.2, 0.25) is 0 Å². The first kappa shape index (κ1) is 20.4. The lowest BCUT2D eigenvalue weighted by atomic mass is 10.1. The Morgan fingerprint density at radius 3 is 2.62 bits per heavy atom. The lowest BCUT2D eigenvalue weighted by Crippen LogP contribution is -2.43. The minimum atomic E-state index is -0.218. The number of hydrogen-bond acceptors (Lipinski definition) is 4. The average Bonchev–Trinajstić information content (AvgIpc) is 3.19. The summed E-state index contributed by atoms with van der Waals surface area (Å²) in [6.07, 6.45) is 3.10. The van der Waals surface area contributed by atoms with Crippen LogP contribution in [0.1, 0.15) is 36.6 Å². The van der Waals surface area contributed by atoms with Crippen LogP contribution >= 0.6 is 0 Å². The number of benzene rings is 2. The van der Waals surface area contributed by atoms with Gasteiger partial charge in [-0.2, -0.15) is 5.10 Å². The number of amides is 2. The van der Waals surface area contributed by atoms with Gasteiger partial charge in [-0.05, 0) is 44.0 Å². The van der Waals surface area contributed by atoms with Gasteiger partial charge in [0.1, 0.15) is 25.0 Å². The molecule has 2 atom stereocenters. The van der Waals surface area contributed by atoms with Crippen molar-refractivity contribution < 1.29 is 9.53 Å². The van der Waals surface area contributed by atoms with Gasteiger partial charge >= 0.3 is 6.03 Å². The predicted molar refractivity (Wildman–Crippen MR) is 112 cm³/mol. The molecule has 7 nitrogen and oxygen atoms in total. The summed E-state index contributed by atoms with van der Waals surface area (Å²) in [7, 11) is 0. The maximum atomic E-state index is 12.2. The molecule has 7 heteroatoms. The zero-order chi connectivity index (χ0) is 20.6. The van der Waals surface area contributed by atoms with Gasteiger partial charge in [-0.25, -0.2) is 9.78 Å². The number of nitrogens with one attached hydrogen (secondary N) is 2. The fourth-order valence-corrected chi connectivity index (χ4v) is 3.02. The van der Waals surface area contributed by atoms with Crippen molar-refractivity contribution in [3.63, 3.8) is 0 Å². The van der Waals surface area contributed by atoms with E-state index in [9.17, 15) is 4.79 Å². The van der Waals surface area contributed by atoms with Crippen molar-refractivity contribution in [3.05, 3.63) is 77.9 Å². The molecule has 0 radical (unpaired) electrons. The van der Waals surface area contributed by atoms with Crippen LogP contribution in [-0.4, -0.2) is 26.8 Å². The largest absolute Gasteiger partial charge is 0.489 e. The second-order valence-corrected chi connectivity index (χ2v) is 7.20. The summed E-state index contributed by atoms with van der Waals surface area (Å²) in [6, 6.07) is 15.6. The van der Waals surface area contributed by atoms with Gasteiger partial charge in [-0.15, -0.1) is 0 Å². The lowest BCUT2D eigenvalue weighted by molar-refractivity contribution is 0.233. The summed E-state index contributed by atoms with van der Waals surface area (Å²) < 4.78 is 7.54. The fourth-order valence-electron chi connectivity index (χ4n) is 3.02. The molecule has 152 valence electrons. The molecule has 0 aliphatic heterocycles. The van der Waals surface area contributed by atoms with E-state index in [4.69, 9.17) is 4.74 Å². The van der Waals surface area contributed by atoms with Crippen LogP contribution in [0, 0.1) is 6.92 Å². The molecule has 0 unspecified atom stereocenters. The second kappa shape index (κ2) is 9.73. The lowest BCUT2D eigenvalue weighted by Gasteiger charge is -2.18. The number of carbonyl (C=O) groups excluding carboxylic acids is 1. The van der Waals surface area contributed by atoms with Crippen LogP contribution in [0.15, 0.2) is 61.2 Å². The van der Waals surface area contributed by atoms with Crippen molar-refractivity contribution in [1.29, 1.82) is 0 Å². The van der Waals surface area contributed by atoms with Gasteiger partial charge in [0.25, 0.3) is 0 Å². The van der Waals surface area contributed by atoms with Crippen LogP contribution in [0.25, 0.3) is 0 Å². The van der Waals surface area contributed by atoms with Gasteiger partial charge in [-0.1, -0.05) is 42.0 Å². The molecule has 1 aromatic heterocycles. The molecule has 29 heavy (non-hydrogen) atoms. The molecule has 1 heterocycles. The van der Waals surface area contributed by atoms with Crippen molar-refractivity contribution in [1.82, 2.24) is 25.4 Å². The van der Waals surface area contributed by atoms with Crippen LogP contribution in [0.2, 0.25) is 0 Å². The monoisotopic (exact) mass is 393 g/mol. The minimum absolute atomic E-state index is 0.0682. The highest BCUT2D eigenvalue weighted by molar-refractivity contribution is 5.74. The molecule has 3 aromatic rings. The number of carbonyl (C=O) groups is 1. The van der Waals surface area contributed by atoms with E-state index in [1.807, 2.05) is 44.2 Å². The smallest absolute Gasteiger partial charge is 0.315 e. The summed E-state index contributed by atoms with van der Waals surface area (Å²) in [5.41, 5.74) is 3.36. The Balaban J connectivity index is 1.46. The van der Waals surface area contributed by atoms with Crippen LogP contribution in [0.5, 0.6) is 5.75 Å². The van der Waals surface area contributed by atoms with E-state index in [0.29, 0.717) is 13.2 Å². The highest BCUT2D eigenvalue weighted by atomic mass is 16.5. The Hall–Kier alpha value is -3.35. The average molecular weight is 393 g/mol. The fraction of sp³-hybridized carbons (Fsp3) is 0.318. The number of aromatic nitrogens is 3. The standard InChI is InChI=1S/C22H27N5O2/c1-16-5-4-6-19(11-16)13-29-21-9-7-20(8-10-21)18(3)26-22(28)25-17(2)12-27-15-23-14-24-27/h4-11,14-15,17-18H,12-13H2,1-3H3,(H2,25,26,28)/t17-,18+/m0/s1. The summed E-state index contributed by atoms with van der Waals surface area (Å²) in [5.74, 6) is 0.799. The van der Waals surface area contributed by atoms with Crippen molar-refractivity contribution in [2.45, 2.75) is 46.0 Å². The SMILES string of the molecule is Cc1cccc(COc2ccc([C@@H](C)NC(=O)N[C@@H](C)Cn3cncn3)cc2)c1. The Kier molecular flexibility index (Phi) is 6.84. The number of hydrogen-bond donors (Lipinski definition) is 2. The first-order valence-electron chi connectivity index (χ1n) is 9.67. The molecule has 0 saturated heterocycles. The molecular formula is C22H27N5O2. The molecule has 2 N–H and O–H groups in total. The molecule has 3 rings (SSSR count). The number of aryl methyl sites for hydroxylation is 1. The van der Waals surface area contributed by atoms with E-state index in [-0.39, 0.29) is 18.1 Å². The first-order valence-corrected chi connectivity index (χ1v) is 9.67. The number of ether oxygens (including phenoxy) is 1. The topological polar surface area (TPSA) is 81.1 Å². The molecule has 0 aliphatic rings. The zero-order valence-electron chi connectivity index (χ0n) is 17.0. The van der Waals surface area contributed by atoms with Gasteiger partial charge in [-0.3, -0.25) is 4.68 Å². The number of rotatable bonds is 8. The third-order valence-corrected chi connectivity index (χ3v) is 4.52. The van der Waals surface area contributed by atoms with Crippen molar-refractivity contribution in [2.24, 2.45) is 0 Å². The maximum absolute atomic E-state index is 12.2. The van der Waals surface area contributed by atoms with E-state index >= 15 is 0 Å². The highest BCUT2D eigenvalue weighted by Crippen LogP contribution is 2.19. The van der Waals surface area contributed by atoms with Crippen LogP contribution in [0.3, 0.4) is 0 Å². The molecule has 0 aliphatic carbocycles. The molecular weight excluding hydrogens is 366 g/mol. The molecule has 0 saturated carbocycles. The van der Waals surface area contributed by atoms with Crippen LogP contribution in [-0.2, 0) is 13.2 Å². The summed E-state index contributed by atoms with van der Waals surface area (Å²) in [5, 5.41) is 9.90. The molecule has 2 aromatic carbocycles. The van der Waals surface area contributed by atoms with Gasteiger partial charge < -0.3 is 15.4 Å². The predicted octanol–water partition coefficient (Wildman–Crippen LogP) is 3.61. The summed E-state index contributed by atoms with van der Waals surface area (Å²) >= 11 is 0. The number of urea groups is 1. The van der Waals surface area contributed by atoms with Crippen molar-refractivity contribution in [2.75, 3.05) is 0 Å². The molecule has 2 amide bonds. The van der Waals surface area contributed by atoms with E-state index in [1.54, 1.807) is 11.0 Å². The third kappa shape index (κ3) is 6.34. The summed E-state index contributed by atoms with van der Waals surface area (Å²) in [4.78, 5) is 16.1. The molecule has 0 spiro atoms. The second-order valence-electron chi connectivity index (χ2n) is 7.20. The Labute approximate surface area is 171 Å². The third-order valence-electron chi connectivity index (χ3n) is 4.52. The van der Waals surface area contributed by atoms with Gasteiger partial charge in [0.15, 0.2) is 0 Å². The van der Waals surface area contributed by atoms with E-state index in [2.05, 4.69) is 45.8 Å². The quantitative estimate of drug-likeness (QED) is 0.613. The minimum Gasteiger partial charge on any atom is -0.489 e. The van der Waals surface area contributed by atoms with E-state index in [1.165, 1.54) is 11.9 Å². The van der Waals surface area contributed by atoms with Crippen molar-refractivity contribution in [3.8, 4) is 5.75 Å². The number of nitrogens with zero attached hydrogens (tertiary/aromatic N) is 3. The Morgan fingerprint density at radius 2 is 1.93 bits per heavy atom.